The molecule has 2 aromatic rings. The van der Waals surface area contributed by atoms with Crippen molar-refractivity contribution in [1.82, 2.24) is 14.3 Å². The Labute approximate surface area is 114 Å². The van der Waals surface area contributed by atoms with Gasteiger partial charge in [0.05, 0.1) is 5.75 Å². The largest absolute Gasteiger partial charge is 0.304 e. The van der Waals surface area contributed by atoms with Crippen molar-refractivity contribution in [2.75, 3.05) is 12.3 Å². The van der Waals surface area contributed by atoms with E-state index in [1.807, 2.05) is 28.8 Å². The third-order valence-corrected chi connectivity index (χ3v) is 4.03. The molecular weight excluding hydrogens is 262 g/mol. The Morgan fingerprint density at radius 1 is 1.32 bits per heavy atom. The van der Waals surface area contributed by atoms with Gasteiger partial charge < -0.3 is 4.40 Å². The van der Waals surface area contributed by atoms with E-state index in [9.17, 15) is 9.59 Å². The molecule has 0 radical (unpaired) electrons. The fourth-order valence-corrected chi connectivity index (χ4v) is 2.98. The summed E-state index contributed by atoms with van der Waals surface area (Å²) in [5, 5.41) is -0.120. The van der Waals surface area contributed by atoms with Crippen LogP contribution in [0.4, 0.5) is 4.79 Å². The van der Waals surface area contributed by atoms with Crippen LogP contribution < -0.4 is 0 Å². The number of rotatable bonds is 4. The number of imidazole rings is 1. The summed E-state index contributed by atoms with van der Waals surface area (Å²) in [5.41, 5.74) is 2.06. The van der Waals surface area contributed by atoms with E-state index in [1.54, 1.807) is 6.20 Å². The summed E-state index contributed by atoms with van der Waals surface area (Å²) in [5.74, 6) is 0.214. The van der Waals surface area contributed by atoms with Gasteiger partial charge in [-0.1, -0.05) is 17.8 Å². The number of amides is 2. The number of aromatic nitrogens is 2. The van der Waals surface area contributed by atoms with Crippen LogP contribution in [0.3, 0.4) is 0 Å². The fourth-order valence-electron chi connectivity index (χ4n) is 2.23. The van der Waals surface area contributed by atoms with E-state index in [-0.39, 0.29) is 16.9 Å². The third-order valence-electron chi connectivity index (χ3n) is 3.17. The standard InChI is InChI=1S/C13H13N3O2S/c17-12-9-19-13(18)16(12)7-2-4-10-3-1-5-11-14-6-8-15(10)11/h1,3,5-6,8H,2,4,7,9H2. The van der Waals surface area contributed by atoms with Crippen LogP contribution in [-0.2, 0) is 11.2 Å². The van der Waals surface area contributed by atoms with Crippen LogP contribution in [0.1, 0.15) is 12.1 Å². The Kier molecular flexibility index (Phi) is 3.25. The van der Waals surface area contributed by atoms with Crippen molar-refractivity contribution >= 4 is 28.6 Å². The summed E-state index contributed by atoms with van der Waals surface area (Å²) in [6.45, 7) is 0.496. The first-order chi connectivity index (χ1) is 9.25. The lowest BCUT2D eigenvalue weighted by atomic mass is 10.2. The highest BCUT2D eigenvalue weighted by atomic mass is 32.2. The molecule has 1 saturated heterocycles. The van der Waals surface area contributed by atoms with Crippen molar-refractivity contribution in [3.63, 3.8) is 0 Å². The molecule has 5 nitrogen and oxygen atoms in total. The smallest absolute Gasteiger partial charge is 0.288 e. The molecule has 1 fully saturated rings. The summed E-state index contributed by atoms with van der Waals surface area (Å²) in [7, 11) is 0. The Bertz CT molecular complexity index is 622. The maximum absolute atomic E-state index is 11.5. The molecule has 0 unspecified atom stereocenters. The average molecular weight is 275 g/mol. The van der Waals surface area contributed by atoms with Crippen LogP contribution in [0.15, 0.2) is 30.6 Å². The van der Waals surface area contributed by atoms with E-state index in [4.69, 9.17) is 0 Å². The zero-order valence-electron chi connectivity index (χ0n) is 10.3. The van der Waals surface area contributed by atoms with E-state index in [0.717, 1.165) is 35.9 Å². The third kappa shape index (κ3) is 2.35. The Morgan fingerprint density at radius 2 is 2.21 bits per heavy atom. The highest BCUT2D eigenvalue weighted by Gasteiger charge is 2.28. The van der Waals surface area contributed by atoms with Gasteiger partial charge in [-0.15, -0.1) is 0 Å². The van der Waals surface area contributed by atoms with Gasteiger partial charge in [0.2, 0.25) is 5.91 Å². The SMILES string of the molecule is O=C1CSC(=O)N1CCCc1cccc2nccn12. The average Bonchev–Trinajstić information content (AvgIpc) is 3.00. The van der Waals surface area contributed by atoms with Gasteiger partial charge in [0.1, 0.15) is 5.65 Å². The molecule has 0 aromatic carbocycles. The molecular formula is C13H13N3O2S. The molecule has 1 aliphatic heterocycles. The van der Waals surface area contributed by atoms with Crippen LogP contribution in [-0.4, -0.2) is 37.7 Å². The van der Waals surface area contributed by atoms with E-state index < -0.39 is 0 Å². The molecule has 2 amide bonds. The molecule has 98 valence electrons. The molecule has 6 heteroatoms. The quantitative estimate of drug-likeness (QED) is 0.856. The second kappa shape index (κ2) is 5.05. The number of imide groups is 1. The van der Waals surface area contributed by atoms with Gasteiger partial charge in [-0.2, -0.15) is 0 Å². The molecule has 0 N–H and O–H groups in total. The van der Waals surface area contributed by atoms with Crippen LogP contribution in [0.25, 0.3) is 5.65 Å². The highest BCUT2D eigenvalue weighted by Crippen LogP contribution is 2.19. The lowest BCUT2D eigenvalue weighted by Crippen LogP contribution is -2.29. The van der Waals surface area contributed by atoms with Gasteiger partial charge in [0, 0.05) is 24.6 Å². The lowest BCUT2D eigenvalue weighted by Gasteiger charge is -2.12. The van der Waals surface area contributed by atoms with E-state index >= 15 is 0 Å². The number of hydrogen-bond acceptors (Lipinski definition) is 4. The summed E-state index contributed by atoms with van der Waals surface area (Å²) < 4.78 is 2.03. The number of nitrogens with zero attached hydrogens (tertiary/aromatic N) is 3. The van der Waals surface area contributed by atoms with Crippen molar-refractivity contribution in [1.29, 1.82) is 0 Å². The van der Waals surface area contributed by atoms with Gasteiger partial charge in [0.25, 0.3) is 5.24 Å². The molecule has 3 rings (SSSR count). The first-order valence-corrected chi connectivity index (χ1v) is 7.12. The summed E-state index contributed by atoms with van der Waals surface area (Å²) in [6, 6.07) is 5.96. The van der Waals surface area contributed by atoms with Crippen LogP contribution in [0.2, 0.25) is 0 Å². The summed E-state index contributed by atoms with van der Waals surface area (Å²) in [4.78, 5) is 28.5. The zero-order valence-corrected chi connectivity index (χ0v) is 11.1. The second-order valence-corrected chi connectivity index (χ2v) is 5.30. The molecule has 3 heterocycles. The molecule has 1 aliphatic rings. The van der Waals surface area contributed by atoms with Crippen molar-refractivity contribution in [2.24, 2.45) is 0 Å². The molecule has 0 saturated carbocycles. The number of fused-ring (bicyclic) bond motifs is 1. The van der Waals surface area contributed by atoms with Crippen molar-refractivity contribution < 1.29 is 9.59 Å². The molecule has 0 spiro atoms. The van der Waals surface area contributed by atoms with Gasteiger partial charge in [-0.05, 0) is 25.0 Å². The number of hydrogen-bond donors (Lipinski definition) is 0. The minimum absolute atomic E-state index is 0.0733. The molecule has 2 aromatic heterocycles. The topological polar surface area (TPSA) is 54.7 Å². The monoisotopic (exact) mass is 275 g/mol. The maximum atomic E-state index is 11.5. The molecule has 0 atom stereocenters. The maximum Gasteiger partial charge on any atom is 0.288 e. The first-order valence-electron chi connectivity index (χ1n) is 6.14. The minimum Gasteiger partial charge on any atom is -0.304 e. The predicted octanol–water partition coefficient (Wildman–Crippen LogP) is 1.96. The fraction of sp³-hybridized carbons (Fsp3) is 0.308. The number of carbonyl (C=O) groups excluding carboxylic acids is 2. The normalized spacial score (nSPS) is 15.7. The highest BCUT2D eigenvalue weighted by molar-refractivity contribution is 8.14. The molecule has 0 aliphatic carbocycles. The Hall–Kier alpha value is -1.82. The van der Waals surface area contributed by atoms with E-state index in [1.165, 1.54) is 4.90 Å². The Balaban J connectivity index is 1.65. The predicted molar refractivity (Wildman–Crippen MR) is 73.1 cm³/mol. The summed E-state index contributed by atoms with van der Waals surface area (Å²) >= 11 is 1.09. The lowest BCUT2D eigenvalue weighted by molar-refractivity contribution is -0.124. The van der Waals surface area contributed by atoms with Gasteiger partial charge in [0.15, 0.2) is 0 Å². The zero-order chi connectivity index (χ0) is 13.2. The van der Waals surface area contributed by atoms with Gasteiger partial charge in [-0.3, -0.25) is 14.5 Å². The summed E-state index contributed by atoms with van der Waals surface area (Å²) in [6.07, 6.45) is 5.28. The molecule has 0 bridgehead atoms. The van der Waals surface area contributed by atoms with Crippen LogP contribution in [0.5, 0.6) is 0 Å². The Morgan fingerprint density at radius 3 is 3.00 bits per heavy atom. The van der Waals surface area contributed by atoms with Crippen LogP contribution in [0, 0.1) is 0 Å². The molecule has 19 heavy (non-hydrogen) atoms. The van der Waals surface area contributed by atoms with E-state index in [2.05, 4.69) is 4.98 Å². The van der Waals surface area contributed by atoms with Crippen molar-refractivity contribution in [3.05, 3.63) is 36.3 Å². The van der Waals surface area contributed by atoms with Gasteiger partial charge >= 0.3 is 0 Å². The number of pyridine rings is 1. The second-order valence-electron chi connectivity index (χ2n) is 4.38. The van der Waals surface area contributed by atoms with Gasteiger partial charge in [-0.25, -0.2) is 4.98 Å². The van der Waals surface area contributed by atoms with Crippen molar-refractivity contribution in [2.45, 2.75) is 12.8 Å². The number of carbonyl (C=O) groups is 2. The number of thioether (sulfide) groups is 1. The minimum atomic E-state index is -0.120. The van der Waals surface area contributed by atoms with Crippen LogP contribution >= 0.6 is 11.8 Å². The number of aryl methyl sites for hydroxylation is 1. The van der Waals surface area contributed by atoms with Crippen molar-refractivity contribution in [3.8, 4) is 0 Å². The van der Waals surface area contributed by atoms with E-state index in [0.29, 0.717) is 6.54 Å². The first kappa shape index (κ1) is 12.2.